The zero-order valence-corrected chi connectivity index (χ0v) is 10.6. The summed E-state index contributed by atoms with van der Waals surface area (Å²) in [5.74, 6) is -0.683. The Kier molecular flexibility index (Phi) is 10.9. The molecule has 0 saturated carbocycles. The van der Waals surface area contributed by atoms with Gasteiger partial charge >= 0.3 is 18.9 Å². The molecule has 15 heavy (non-hydrogen) atoms. The van der Waals surface area contributed by atoms with Gasteiger partial charge < -0.3 is 13.8 Å². The minimum atomic E-state index is -3.40. The van der Waals surface area contributed by atoms with Gasteiger partial charge in [0, 0.05) is 0 Å². The van der Waals surface area contributed by atoms with Crippen LogP contribution in [0.5, 0.6) is 0 Å². The molecule has 0 aromatic rings. The van der Waals surface area contributed by atoms with Gasteiger partial charge in [0.25, 0.3) is 0 Å². The molecule has 0 atom stereocenters. The van der Waals surface area contributed by atoms with Crippen LogP contribution >= 0.6 is 7.60 Å². The van der Waals surface area contributed by atoms with Crippen LogP contribution in [-0.4, -0.2) is 25.8 Å². The van der Waals surface area contributed by atoms with E-state index in [-0.39, 0.29) is 38.7 Å². The average Bonchev–Trinajstić information content (AvgIpc) is 2.04. The molecule has 0 N–H and O–H groups in total. The van der Waals surface area contributed by atoms with Crippen LogP contribution in [0.15, 0.2) is 0 Å². The molecule has 5 nitrogen and oxygen atoms in total. The van der Waals surface area contributed by atoms with Gasteiger partial charge in [-0.05, 0) is 20.8 Å². The van der Waals surface area contributed by atoms with Crippen molar-refractivity contribution in [2.75, 3.05) is 19.8 Å². The summed E-state index contributed by atoms with van der Waals surface area (Å²) in [6.45, 7) is 5.67. The maximum absolute atomic E-state index is 11.7. The molecular formula is C8H16LiO5P. The Morgan fingerprint density at radius 2 is 1.60 bits per heavy atom. The minimum absolute atomic E-state index is 0. The van der Waals surface area contributed by atoms with Gasteiger partial charge in [-0.2, -0.15) is 6.16 Å². The summed E-state index contributed by atoms with van der Waals surface area (Å²) in [6.07, 6.45) is 0.865. The predicted octanol–water partition coefficient (Wildman–Crippen LogP) is -1.02. The van der Waals surface area contributed by atoms with Crippen molar-refractivity contribution in [3.63, 3.8) is 0 Å². The predicted molar refractivity (Wildman–Crippen MR) is 51.8 cm³/mol. The van der Waals surface area contributed by atoms with E-state index < -0.39 is 13.6 Å². The first-order chi connectivity index (χ1) is 6.58. The van der Waals surface area contributed by atoms with Gasteiger partial charge in [0.2, 0.25) is 7.60 Å². The fraction of sp³-hybridized carbons (Fsp3) is 0.750. The Morgan fingerprint density at radius 3 is 1.93 bits per heavy atom. The van der Waals surface area contributed by atoms with Crippen molar-refractivity contribution in [1.82, 2.24) is 0 Å². The van der Waals surface area contributed by atoms with E-state index in [1.807, 2.05) is 0 Å². The summed E-state index contributed by atoms with van der Waals surface area (Å²) < 4.78 is 26.0. The number of carbonyl (C=O) groups is 1. The van der Waals surface area contributed by atoms with Crippen LogP contribution in [0.3, 0.4) is 0 Å². The van der Waals surface area contributed by atoms with Crippen molar-refractivity contribution in [2.45, 2.75) is 20.8 Å². The summed E-state index contributed by atoms with van der Waals surface area (Å²) >= 11 is 0. The monoisotopic (exact) mass is 230 g/mol. The maximum Gasteiger partial charge on any atom is 1.00 e. The number of ether oxygens (including phenoxy) is 1. The van der Waals surface area contributed by atoms with Crippen LogP contribution in [0.1, 0.15) is 20.8 Å². The van der Waals surface area contributed by atoms with Crippen molar-refractivity contribution < 1.29 is 42.0 Å². The second kappa shape index (κ2) is 9.32. The molecule has 0 spiro atoms. The summed E-state index contributed by atoms with van der Waals surface area (Å²) in [4.78, 5) is 11.0. The minimum Gasteiger partial charge on any atom is -0.488 e. The van der Waals surface area contributed by atoms with Gasteiger partial charge in [0.15, 0.2) is 5.97 Å². The van der Waals surface area contributed by atoms with Gasteiger partial charge in [-0.25, -0.2) is 0 Å². The van der Waals surface area contributed by atoms with E-state index in [1.165, 1.54) is 0 Å². The van der Waals surface area contributed by atoms with E-state index in [9.17, 15) is 9.36 Å². The second-order valence-electron chi connectivity index (χ2n) is 2.26. The molecule has 0 radical (unpaired) electrons. The second-order valence-corrected chi connectivity index (χ2v) is 4.11. The molecule has 0 aliphatic carbocycles. The fourth-order valence-electron chi connectivity index (χ4n) is 0.780. The van der Waals surface area contributed by atoms with Crippen molar-refractivity contribution in [3.05, 3.63) is 6.16 Å². The van der Waals surface area contributed by atoms with Crippen LogP contribution in [0.25, 0.3) is 0 Å². The van der Waals surface area contributed by atoms with E-state index in [0.29, 0.717) is 0 Å². The zero-order valence-electron chi connectivity index (χ0n) is 9.69. The molecule has 0 bridgehead atoms. The maximum atomic E-state index is 11.7. The third-order valence-corrected chi connectivity index (χ3v) is 2.93. The molecule has 0 aliphatic heterocycles. The molecule has 0 rings (SSSR count). The Hall–Kier alpha value is 0.0874. The number of esters is 1. The summed E-state index contributed by atoms with van der Waals surface area (Å²) in [6, 6.07) is 0. The average molecular weight is 230 g/mol. The molecular weight excluding hydrogens is 214 g/mol. The smallest absolute Gasteiger partial charge is 0.488 e. The van der Waals surface area contributed by atoms with Crippen LogP contribution in [-0.2, 0) is 23.1 Å². The van der Waals surface area contributed by atoms with Crippen LogP contribution in [0.4, 0.5) is 0 Å². The normalized spacial score (nSPS) is 10.3. The Bertz CT molecular complexity index is 211. The zero-order chi connectivity index (χ0) is 11.0. The Balaban J connectivity index is 0. The topological polar surface area (TPSA) is 61.8 Å². The van der Waals surface area contributed by atoms with Crippen LogP contribution in [0, 0.1) is 6.16 Å². The van der Waals surface area contributed by atoms with Crippen molar-refractivity contribution >= 4 is 13.6 Å². The Morgan fingerprint density at radius 1 is 1.13 bits per heavy atom. The number of carbonyl (C=O) groups excluding carboxylic acids is 1. The summed E-state index contributed by atoms with van der Waals surface area (Å²) in [7, 11) is -3.40. The molecule has 0 saturated heterocycles. The largest absolute Gasteiger partial charge is 1.00 e. The van der Waals surface area contributed by atoms with Gasteiger partial charge in [0.1, 0.15) is 0 Å². The molecule has 0 amide bonds. The van der Waals surface area contributed by atoms with Gasteiger partial charge in [0.05, 0.1) is 19.8 Å². The Labute approximate surface area is 103 Å². The van der Waals surface area contributed by atoms with E-state index in [4.69, 9.17) is 9.05 Å². The first kappa shape index (κ1) is 17.5. The fourth-order valence-corrected chi connectivity index (χ4v) is 2.06. The molecule has 0 unspecified atom stereocenters. The van der Waals surface area contributed by atoms with Gasteiger partial charge in [-0.15, -0.1) is 0 Å². The van der Waals surface area contributed by atoms with Crippen LogP contribution < -0.4 is 18.9 Å². The standard InChI is InChI=1S/C8H16O5P.Li/c1-4-11-8(9)7-14(10,12-5-2)13-6-3;/h7H,4-6H2,1-3H3;/q-1;+1. The molecule has 84 valence electrons. The first-order valence-corrected chi connectivity index (χ1v) is 6.10. The van der Waals surface area contributed by atoms with E-state index in [2.05, 4.69) is 4.74 Å². The first-order valence-electron chi connectivity index (χ1n) is 4.49. The van der Waals surface area contributed by atoms with Gasteiger partial charge in [-0.3, -0.25) is 9.36 Å². The van der Waals surface area contributed by atoms with E-state index >= 15 is 0 Å². The van der Waals surface area contributed by atoms with Crippen molar-refractivity contribution in [2.24, 2.45) is 0 Å². The van der Waals surface area contributed by atoms with Crippen molar-refractivity contribution in [3.8, 4) is 0 Å². The SMILES string of the molecule is CCOC(=O)[CH-]P(=O)(OCC)OCC.[Li+]. The van der Waals surface area contributed by atoms with Crippen molar-refractivity contribution in [1.29, 1.82) is 0 Å². The summed E-state index contributed by atoms with van der Waals surface area (Å²) in [5, 5.41) is 0. The third-order valence-electron chi connectivity index (χ3n) is 1.17. The molecule has 0 fully saturated rings. The third kappa shape index (κ3) is 7.95. The summed E-state index contributed by atoms with van der Waals surface area (Å²) in [5.41, 5.74) is 0. The van der Waals surface area contributed by atoms with Crippen LogP contribution in [0.2, 0.25) is 0 Å². The van der Waals surface area contributed by atoms with E-state index in [0.717, 1.165) is 6.16 Å². The van der Waals surface area contributed by atoms with Gasteiger partial charge in [-0.1, -0.05) is 0 Å². The molecule has 0 aliphatic rings. The molecule has 7 heteroatoms. The number of rotatable bonds is 7. The quantitative estimate of drug-likeness (QED) is 0.242. The number of hydrogen-bond acceptors (Lipinski definition) is 5. The molecule has 0 heterocycles. The molecule has 0 aromatic heterocycles. The number of hydrogen-bond donors (Lipinski definition) is 0. The molecule has 0 aromatic carbocycles. The van der Waals surface area contributed by atoms with E-state index in [1.54, 1.807) is 20.8 Å².